The van der Waals surface area contributed by atoms with E-state index in [1.54, 1.807) is 11.0 Å². The fourth-order valence-corrected chi connectivity index (χ4v) is 5.39. The Balaban J connectivity index is 1.47. The number of anilines is 1. The first-order chi connectivity index (χ1) is 15.4. The van der Waals surface area contributed by atoms with Crippen LogP contribution < -0.4 is 5.32 Å². The van der Waals surface area contributed by atoms with Crippen molar-refractivity contribution in [3.05, 3.63) is 66.7 Å². The van der Waals surface area contributed by atoms with Gasteiger partial charge >= 0.3 is 0 Å². The number of thiazole rings is 1. The molecule has 1 fully saturated rings. The summed E-state index contributed by atoms with van der Waals surface area (Å²) in [5, 5.41) is 3.50. The van der Waals surface area contributed by atoms with Crippen LogP contribution in [0.25, 0.3) is 10.2 Å². The van der Waals surface area contributed by atoms with E-state index in [2.05, 4.69) is 35.7 Å². The highest BCUT2D eigenvalue weighted by Gasteiger charge is 2.38. The molecule has 8 heteroatoms. The minimum absolute atomic E-state index is 0.0714. The minimum Gasteiger partial charge on any atom is -0.326 e. The number of nitrogens with zero attached hydrogens (tertiary/aromatic N) is 3. The Morgan fingerprint density at radius 2 is 2.00 bits per heavy atom. The largest absolute Gasteiger partial charge is 0.326 e. The third kappa shape index (κ3) is 4.92. The number of hydrogen-bond acceptors (Lipinski definition) is 6. The summed E-state index contributed by atoms with van der Waals surface area (Å²) in [6.45, 7) is 8.33. The van der Waals surface area contributed by atoms with E-state index in [1.165, 1.54) is 28.7 Å². The van der Waals surface area contributed by atoms with E-state index in [-0.39, 0.29) is 18.2 Å². The van der Waals surface area contributed by atoms with Crippen LogP contribution in [0.4, 0.5) is 10.8 Å². The fraction of sp³-hybridized carbons (Fsp3) is 0.250. The third-order valence-corrected chi connectivity index (χ3v) is 7.14. The molecule has 0 radical (unpaired) electrons. The molecule has 1 atom stereocenters. The van der Waals surface area contributed by atoms with E-state index in [0.29, 0.717) is 22.8 Å². The van der Waals surface area contributed by atoms with Gasteiger partial charge < -0.3 is 5.32 Å². The van der Waals surface area contributed by atoms with Gasteiger partial charge in [0.05, 0.1) is 10.2 Å². The Kier molecular flexibility index (Phi) is 6.72. The molecule has 1 N–H and O–H groups in total. The van der Waals surface area contributed by atoms with Gasteiger partial charge in [-0.15, -0.1) is 6.58 Å². The first kappa shape index (κ1) is 22.2. The van der Waals surface area contributed by atoms with Gasteiger partial charge in [0.1, 0.15) is 5.25 Å². The summed E-state index contributed by atoms with van der Waals surface area (Å²) in [5.74, 6) is 0.0873. The van der Waals surface area contributed by atoms with Crippen LogP contribution in [0, 0.1) is 0 Å². The number of amides is 2. The van der Waals surface area contributed by atoms with Crippen LogP contribution >= 0.6 is 23.1 Å². The third-order valence-electron chi connectivity index (χ3n) is 5.04. The maximum absolute atomic E-state index is 13.0. The first-order valence-electron chi connectivity index (χ1n) is 10.4. The van der Waals surface area contributed by atoms with Crippen LogP contribution in [0.15, 0.2) is 66.2 Å². The summed E-state index contributed by atoms with van der Waals surface area (Å²) in [6, 6.07) is 15.6. The topological polar surface area (TPSA) is 74.7 Å². The number of benzene rings is 2. The number of aromatic nitrogens is 1. The molecule has 0 aliphatic carbocycles. The number of carbonyl (C=O) groups is 2. The Morgan fingerprint density at radius 3 is 2.69 bits per heavy atom. The maximum atomic E-state index is 13.0. The molecule has 2 amide bonds. The van der Waals surface area contributed by atoms with E-state index in [4.69, 9.17) is 0 Å². The minimum atomic E-state index is -0.530. The lowest BCUT2D eigenvalue weighted by atomic mass is 10.0. The van der Waals surface area contributed by atoms with Crippen molar-refractivity contribution in [2.75, 3.05) is 11.9 Å². The number of fused-ring (bicyclic) bond motifs is 1. The molecule has 2 aromatic carbocycles. The number of carbonyl (C=O) groups excluding carboxylic acids is 2. The summed E-state index contributed by atoms with van der Waals surface area (Å²) < 4.78 is 1.04. The second kappa shape index (κ2) is 9.67. The van der Waals surface area contributed by atoms with E-state index in [1.807, 2.05) is 48.5 Å². The standard InChI is InChI=1S/C24H24N4O2S2/c1-4-13-28-22(30)20(14-21(29)25-17-11-9-16(10-12-17)15(2)3)32-24(28)27-23-26-18-7-5-6-8-19(18)31-23/h4-12,15,20H,1,13-14H2,2-3H3,(H,25,29). The molecule has 3 aromatic rings. The lowest BCUT2D eigenvalue weighted by Gasteiger charge is -2.13. The SMILES string of the molecule is C=CCN1C(=O)C(CC(=O)Nc2ccc(C(C)C)cc2)SC1=Nc1nc2ccccc2s1. The van der Waals surface area contributed by atoms with Crippen molar-refractivity contribution < 1.29 is 9.59 Å². The summed E-state index contributed by atoms with van der Waals surface area (Å²) in [4.78, 5) is 36.3. The van der Waals surface area contributed by atoms with E-state index >= 15 is 0 Å². The molecule has 1 aromatic heterocycles. The molecular weight excluding hydrogens is 440 g/mol. The molecule has 1 aliphatic rings. The average molecular weight is 465 g/mol. The molecule has 0 saturated carbocycles. The van der Waals surface area contributed by atoms with Crippen molar-refractivity contribution in [3.8, 4) is 0 Å². The zero-order valence-corrected chi connectivity index (χ0v) is 19.6. The molecule has 32 heavy (non-hydrogen) atoms. The monoisotopic (exact) mass is 464 g/mol. The first-order valence-corrected chi connectivity index (χ1v) is 12.1. The highest BCUT2D eigenvalue weighted by atomic mass is 32.2. The van der Waals surface area contributed by atoms with Crippen molar-refractivity contribution in [3.63, 3.8) is 0 Å². The predicted octanol–water partition coefficient (Wildman–Crippen LogP) is 5.57. The van der Waals surface area contributed by atoms with Gasteiger partial charge in [0.2, 0.25) is 16.9 Å². The number of rotatable bonds is 7. The van der Waals surface area contributed by atoms with Gasteiger partial charge in [-0.1, -0.05) is 67.3 Å². The summed E-state index contributed by atoms with van der Waals surface area (Å²) >= 11 is 2.77. The Hall–Kier alpha value is -2.97. The van der Waals surface area contributed by atoms with Gasteiger partial charge in [0.25, 0.3) is 0 Å². The Bertz CT molecular complexity index is 1150. The van der Waals surface area contributed by atoms with E-state index in [0.717, 1.165) is 15.9 Å². The van der Waals surface area contributed by atoms with Crippen LogP contribution in [0.3, 0.4) is 0 Å². The highest BCUT2D eigenvalue weighted by molar-refractivity contribution is 8.15. The highest BCUT2D eigenvalue weighted by Crippen LogP contribution is 2.34. The van der Waals surface area contributed by atoms with Crippen LogP contribution in [0.5, 0.6) is 0 Å². The van der Waals surface area contributed by atoms with Crippen LogP contribution in [0.1, 0.15) is 31.7 Å². The van der Waals surface area contributed by atoms with E-state index < -0.39 is 5.25 Å². The Morgan fingerprint density at radius 1 is 1.25 bits per heavy atom. The number of para-hydroxylation sites is 1. The van der Waals surface area contributed by atoms with Crippen LogP contribution in [-0.4, -0.2) is 38.7 Å². The normalized spacial score (nSPS) is 17.5. The van der Waals surface area contributed by atoms with Crippen molar-refractivity contribution in [2.45, 2.75) is 31.4 Å². The summed E-state index contributed by atoms with van der Waals surface area (Å²) in [6.07, 6.45) is 1.73. The zero-order chi connectivity index (χ0) is 22.7. The quantitative estimate of drug-likeness (QED) is 0.464. The number of nitrogens with one attached hydrogen (secondary N) is 1. The number of aliphatic imine (C=N–C) groups is 1. The maximum Gasteiger partial charge on any atom is 0.242 e. The smallest absolute Gasteiger partial charge is 0.242 e. The van der Waals surface area contributed by atoms with Gasteiger partial charge in [-0.3, -0.25) is 14.5 Å². The van der Waals surface area contributed by atoms with Gasteiger partial charge in [0, 0.05) is 18.7 Å². The predicted molar refractivity (Wildman–Crippen MR) is 134 cm³/mol. The van der Waals surface area contributed by atoms with Crippen molar-refractivity contribution in [2.24, 2.45) is 4.99 Å². The van der Waals surface area contributed by atoms with Crippen molar-refractivity contribution in [1.82, 2.24) is 9.88 Å². The zero-order valence-electron chi connectivity index (χ0n) is 17.9. The van der Waals surface area contributed by atoms with Gasteiger partial charge in [-0.2, -0.15) is 4.99 Å². The Labute approximate surface area is 195 Å². The van der Waals surface area contributed by atoms with Crippen molar-refractivity contribution in [1.29, 1.82) is 0 Å². The molecule has 0 bridgehead atoms. The molecule has 0 spiro atoms. The van der Waals surface area contributed by atoms with Gasteiger partial charge in [0.15, 0.2) is 5.17 Å². The molecular formula is C24H24N4O2S2. The summed E-state index contributed by atoms with van der Waals surface area (Å²) in [7, 11) is 0. The molecule has 1 aliphatic heterocycles. The fourth-order valence-electron chi connectivity index (χ4n) is 3.34. The van der Waals surface area contributed by atoms with Crippen LogP contribution in [-0.2, 0) is 9.59 Å². The van der Waals surface area contributed by atoms with Crippen LogP contribution in [0.2, 0.25) is 0 Å². The molecule has 164 valence electrons. The van der Waals surface area contributed by atoms with E-state index in [9.17, 15) is 9.59 Å². The molecule has 2 heterocycles. The number of amidine groups is 1. The lowest BCUT2D eigenvalue weighted by Crippen LogP contribution is -2.33. The van der Waals surface area contributed by atoms with Crippen molar-refractivity contribution >= 4 is 61.1 Å². The second-order valence-corrected chi connectivity index (χ2v) is 9.91. The summed E-state index contributed by atoms with van der Waals surface area (Å²) in [5.41, 5.74) is 2.81. The molecule has 4 rings (SSSR count). The average Bonchev–Trinajstić information content (AvgIpc) is 3.30. The number of hydrogen-bond donors (Lipinski definition) is 1. The molecule has 1 unspecified atom stereocenters. The molecule has 6 nitrogen and oxygen atoms in total. The number of thioether (sulfide) groups is 1. The second-order valence-electron chi connectivity index (χ2n) is 7.73. The van der Waals surface area contributed by atoms with Gasteiger partial charge in [-0.25, -0.2) is 4.98 Å². The van der Waals surface area contributed by atoms with Gasteiger partial charge in [-0.05, 0) is 35.7 Å². The molecule has 1 saturated heterocycles. The lowest BCUT2D eigenvalue weighted by molar-refractivity contribution is -0.127.